The maximum Gasteiger partial charge on any atom is 0.338 e. The zero-order valence-corrected chi connectivity index (χ0v) is 16.1. The number of hydrogen-bond donors (Lipinski definition) is 0. The number of rotatable bonds is 5. The highest BCUT2D eigenvalue weighted by atomic mass is 35.5. The molecule has 29 heavy (non-hydrogen) atoms. The lowest BCUT2D eigenvalue weighted by Gasteiger charge is -2.19. The van der Waals surface area contributed by atoms with E-state index in [1.165, 1.54) is 5.01 Å². The molecule has 7 heteroatoms. The lowest BCUT2D eigenvalue weighted by Crippen LogP contribution is -2.31. The molecule has 3 aromatic rings. The summed E-state index contributed by atoms with van der Waals surface area (Å²) in [5.41, 5.74) is 1.98. The van der Waals surface area contributed by atoms with Crippen LogP contribution in [0.1, 0.15) is 34.1 Å². The first-order valence-corrected chi connectivity index (χ1v) is 9.40. The molecule has 4 rings (SSSR count). The number of carbonyl (C=O) groups is 2. The Balaban J connectivity index is 1.52. The second kappa shape index (κ2) is 8.32. The standard InChI is InChI=1S/C22H17ClN2O4/c23-17-10-8-15(9-11-17)18-13-19(20-7-4-12-28-20)25(24-18)21(26)14-29-22(27)16-5-2-1-3-6-16/h1-12,19H,13-14H2/t19-/m1/s1. The zero-order chi connectivity index (χ0) is 20.2. The fourth-order valence-corrected chi connectivity index (χ4v) is 3.24. The highest BCUT2D eigenvalue weighted by Crippen LogP contribution is 2.33. The minimum atomic E-state index is -0.561. The van der Waals surface area contributed by atoms with Gasteiger partial charge in [0.25, 0.3) is 5.91 Å². The summed E-state index contributed by atoms with van der Waals surface area (Å²) in [4.78, 5) is 24.9. The van der Waals surface area contributed by atoms with Gasteiger partial charge in [-0.25, -0.2) is 9.80 Å². The van der Waals surface area contributed by atoms with Crippen LogP contribution >= 0.6 is 11.6 Å². The van der Waals surface area contributed by atoms with Crippen molar-refractivity contribution in [2.75, 3.05) is 6.61 Å². The average Bonchev–Trinajstić information content (AvgIpc) is 3.43. The molecule has 0 fully saturated rings. The molecule has 6 nitrogen and oxygen atoms in total. The van der Waals surface area contributed by atoms with Crippen molar-refractivity contribution in [2.24, 2.45) is 5.10 Å². The van der Waals surface area contributed by atoms with Gasteiger partial charge in [-0.1, -0.05) is 41.9 Å². The molecule has 0 N–H and O–H groups in total. The van der Waals surface area contributed by atoms with E-state index in [1.807, 2.05) is 12.1 Å². The van der Waals surface area contributed by atoms with E-state index in [4.69, 9.17) is 20.8 Å². The largest absolute Gasteiger partial charge is 0.467 e. The Kier molecular flexibility index (Phi) is 5.44. The van der Waals surface area contributed by atoms with E-state index >= 15 is 0 Å². The molecule has 0 spiro atoms. The number of esters is 1. The summed E-state index contributed by atoms with van der Waals surface area (Å²) in [5.74, 6) is -0.380. The number of furan rings is 1. The van der Waals surface area contributed by atoms with Gasteiger partial charge in [-0.05, 0) is 42.0 Å². The highest BCUT2D eigenvalue weighted by Gasteiger charge is 2.35. The fraction of sp³-hybridized carbons (Fsp3) is 0.136. The molecule has 0 bridgehead atoms. The summed E-state index contributed by atoms with van der Waals surface area (Å²) in [6.45, 7) is -0.414. The number of hydrazone groups is 1. The van der Waals surface area contributed by atoms with Crippen molar-refractivity contribution in [3.05, 3.63) is 94.9 Å². The molecule has 0 aliphatic carbocycles. The Morgan fingerprint density at radius 3 is 2.52 bits per heavy atom. The van der Waals surface area contributed by atoms with Gasteiger partial charge >= 0.3 is 5.97 Å². The summed E-state index contributed by atoms with van der Waals surface area (Å²) >= 11 is 5.96. The van der Waals surface area contributed by atoms with Crippen molar-refractivity contribution >= 4 is 29.2 Å². The van der Waals surface area contributed by atoms with E-state index in [1.54, 1.807) is 60.9 Å². The second-order valence-electron chi connectivity index (χ2n) is 6.47. The van der Waals surface area contributed by atoms with Crippen molar-refractivity contribution in [1.29, 1.82) is 0 Å². The molecular weight excluding hydrogens is 392 g/mol. The lowest BCUT2D eigenvalue weighted by atomic mass is 10.0. The second-order valence-corrected chi connectivity index (χ2v) is 6.91. The number of amides is 1. The molecule has 1 aliphatic rings. The number of halogens is 1. The van der Waals surface area contributed by atoms with E-state index in [0.717, 1.165) is 11.3 Å². The van der Waals surface area contributed by atoms with Crippen LogP contribution in [-0.2, 0) is 9.53 Å². The number of nitrogens with zero attached hydrogens (tertiary/aromatic N) is 2. The van der Waals surface area contributed by atoms with Crippen molar-refractivity contribution in [2.45, 2.75) is 12.5 Å². The van der Waals surface area contributed by atoms with Gasteiger partial charge < -0.3 is 9.15 Å². The number of carbonyl (C=O) groups excluding carboxylic acids is 2. The first kappa shape index (κ1) is 19.0. The Morgan fingerprint density at radius 1 is 1.07 bits per heavy atom. The van der Waals surface area contributed by atoms with Crippen molar-refractivity contribution in [3.8, 4) is 0 Å². The molecule has 1 atom stereocenters. The maximum atomic E-state index is 12.8. The molecule has 0 saturated carbocycles. The van der Waals surface area contributed by atoms with E-state index in [0.29, 0.717) is 22.8 Å². The third-order valence-electron chi connectivity index (χ3n) is 4.55. The van der Waals surface area contributed by atoms with E-state index in [-0.39, 0.29) is 0 Å². The smallest absolute Gasteiger partial charge is 0.338 e. The van der Waals surface area contributed by atoms with Crippen LogP contribution in [0.2, 0.25) is 5.02 Å². The summed E-state index contributed by atoms with van der Waals surface area (Å²) in [6.07, 6.45) is 2.03. The molecule has 0 unspecified atom stereocenters. The molecule has 1 aromatic heterocycles. The lowest BCUT2D eigenvalue weighted by molar-refractivity contribution is -0.136. The molecule has 0 saturated heterocycles. The summed E-state index contributed by atoms with van der Waals surface area (Å²) in [6, 6.07) is 18.9. The molecule has 1 aliphatic heterocycles. The van der Waals surface area contributed by atoms with Crippen LogP contribution in [0, 0.1) is 0 Å². The number of hydrogen-bond acceptors (Lipinski definition) is 5. The van der Waals surface area contributed by atoms with Gasteiger partial charge in [-0.2, -0.15) is 5.10 Å². The SMILES string of the molecule is O=C(OCC(=O)N1N=C(c2ccc(Cl)cc2)C[C@@H]1c1ccco1)c1ccccc1. The van der Waals surface area contributed by atoms with Crippen LogP contribution in [0.25, 0.3) is 0 Å². The van der Waals surface area contributed by atoms with Crippen LogP contribution in [0.5, 0.6) is 0 Å². The zero-order valence-electron chi connectivity index (χ0n) is 15.3. The Hall–Kier alpha value is -3.38. The number of ether oxygens (including phenoxy) is 1. The fourth-order valence-electron chi connectivity index (χ4n) is 3.11. The minimum Gasteiger partial charge on any atom is -0.467 e. The van der Waals surface area contributed by atoms with Gasteiger partial charge in [0.1, 0.15) is 11.8 Å². The van der Waals surface area contributed by atoms with Gasteiger partial charge in [0.05, 0.1) is 17.5 Å². The summed E-state index contributed by atoms with van der Waals surface area (Å²) in [5, 5.41) is 6.42. The normalized spacial score (nSPS) is 15.8. The van der Waals surface area contributed by atoms with Crippen LogP contribution in [-0.4, -0.2) is 29.2 Å². The molecule has 0 radical (unpaired) electrons. The molecule has 2 aromatic carbocycles. The van der Waals surface area contributed by atoms with Gasteiger partial charge in [-0.15, -0.1) is 0 Å². The minimum absolute atomic E-state index is 0.384. The number of benzene rings is 2. The summed E-state index contributed by atoms with van der Waals surface area (Å²) in [7, 11) is 0. The Labute approximate surface area is 172 Å². The predicted octanol–water partition coefficient (Wildman–Crippen LogP) is 4.47. The molecular formula is C22H17ClN2O4. The molecule has 146 valence electrons. The third kappa shape index (κ3) is 4.22. The van der Waals surface area contributed by atoms with Crippen LogP contribution in [0.15, 0.2) is 82.5 Å². The van der Waals surface area contributed by atoms with Gasteiger partial charge in [0.15, 0.2) is 6.61 Å². The Bertz CT molecular complexity index is 1030. The highest BCUT2D eigenvalue weighted by molar-refractivity contribution is 6.30. The van der Waals surface area contributed by atoms with E-state index in [2.05, 4.69) is 5.10 Å². The first-order valence-electron chi connectivity index (χ1n) is 9.03. The maximum absolute atomic E-state index is 12.8. The van der Waals surface area contributed by atoms with Crippen molar-refractivity contribution in [3.63, 3.8) is 0 Å². The first-order chi connectivity index (χ1) is 14.1. The van der Waals surface area contributed by atoms with Gasteiger partial charge in [0.2, 0.25) is 0 Å². The molecule has 1 amide bonds. The Morgan fingerprint density at radius 2 is 1.83 bits per heavy atom. The van der Waals surface area contributed by atoms with Crippen molar-refractivity contribution < 1.29 is 18.7 Å². The van der Waals surface area contributed by atoms with E-state index in [9.17, 15) is 9.59 Å². The predicted molar refractivity (Wildman–Crippen MR) is 108 cm³/mol. The summed E-state index contributed by atoms with van der Waals surface area (Å²) < 4.78 is 10.7. The molecule has 2 heterocycles. The van der Waals surface area contributed by atoms with Crippen molar-refractivity contribution in [1.82, 2.24) is 5.01 Å². The van der Waals surface area contributed by atoms with Crippen LogP contribution in [0.4, 0.5) is 0 Å². The average molecular weight is 409 g/mol. The van der Waals surface area contributed by atoms with Crippen LogP contribution < -0.4 is 0 Å². The quantitative estimate of drug-likeness (QED) is 0.584. The monoisotopic (exact) mass is 408 g/mol. The topological polar surface area (TPSA) is 72.1 Å². The van der Waals surface area contributed by atoms with E-state index < -0.39 is 24.5 Å². The van der Waals surface area contributed by atoms with Crippen LogP contribution in [0.3, 0.4) is 0 Å². The third-order valence-corrected chi connectivity index (χ3v) is 4.80. The van der Waals surface area contributed by atoms with Gasteiger partial charge in [0, 0.05) is 11.4 Å². The van der Waals surface area contributed by atoms with Gasteiger partial charge in [-0.3, -0.25) is 4.79 Å².